The van der Waals surface area contributed by atoms with Crippen LogP contribution in [0.5, 0.6) is 0 Å². The maximum absolute atomic E-state index is 10.5. The van der Waals surface area contributed by atoms with E-state index in [4.69, 9.17) is 39.5 Å². The van der Waals surface area contributed by atoms with Crippen molar-refractivity contribution >= 4 is 45.3 Å². The highest BCUT2D eigenvalue weighted by atomic mass is 35.5. The van der Waals surface area contributed by atoms with Crippen molar-refractivity contribution in [3.05, 3.63) is 40.9 Å². The summed E-state index contributed by atoms with van der Waals surface area (Å²) in [6.45, 7) is 0. The third-order valence-electron chi connectivity index (χ3n) is 2.50. The van der Waals surface area contributed by atoms with Gasteiger partial charge in [-0.25, -0.2) is 4.79 Å². The Morgan fingerprint density at radius 1 is 1.29 bits per heavy atom. The minimum Gasteiger partial charge on any atom is -0.450 e. The van der Waals surface area contributed by atoms with E-state index in [0.29, 0.717) is 10.1 Å². The molecule has 0 bridgehead atoms. The fraction of sp³-hybridized carbons (Fsp3) is 0.250. The van der Waals surface area contributed by atoms with Crippen molar-refractivity contribution < 1.29 is 9.53 Å². The van der Waals surface area contributed by atoms with E-state index >= 15 is 0 Å². The molecule has 0 radical (unpaired) electrons. The zero-order chi connectivity index (χ0) is 12.4. The van der Waals surface area contributed by atoms with E-state index in [2.05, 4.69) is 0 Å². The lowest BCUT2D eigenvalue weighted by Crippen LogP contribution is -1.97. The van der Waals surface area contributed by atoms with Gasteiger partial charge in [-0.05, 0) is 24.1 Å². The van der Waals surface area contributed by atoms with Crippen LogP contribution in [0.4, 0.5) is 4.79 Å². The molecule has 0 aromatic heterocycles. The number of carbonyl (C=O) groups is 1. The first-order valence-corrected chi connectivity index (χ1v) is 6.19. The van der Waals surface area contributed by atoms with Crippen molar-refractivity contribution in [2.75, 3.05) is 0 Å². The third kappa shape index (κ3) is 3.63. The maximum atomic E-state index is 10.5. The molecule has 1 saturated carbocycles. The summed E-state index contributed by atoms with van der Waals surface area (Å²) in [7, 11) is 0. The molecule has 2 rings (SSSR count). The van der Waals surface area contributed by atoms with Gasteiger partial charge in [-0.15, -0.1) is 0 Å². The standard InChI is InChI=1S/C12H9Cl3O2/c13-9-3-1-7(2-4-9)10(14)5-8-6-11(8)17-12(15)16/h1-5,8,11H,6H2/b10-5+/t8-,11-/m0/s1. The summed E-state index contributed by atoms with van der Waals surface area (Å²) in [5.74, 6) is 0.154. The van der Waals surface area contributed by atoms with Crippen molar-refractivity contribution in [2.45, 2.75) is 12.5 Å². The third-order valence-corrected chi connectivity index (χ3v) is 3.19. The summed E-state index contributed by atoms with van der Waals surface area (Å²) < 4.78 is 4.83. The number of hydrogen-bond acceptors (Lipinski definition) is 2. The number of halogens is 3. The second-order valence-electron chi connectivity index (χ2n) is 3.81. The van der Waals surface area contributed by atoms with Gasteiger partial charge in [0, 0.05) is 27.6 Å². The first kappa shape index (κ1) is 12.7. The molecule has 1 aromatic rings. The van der Waals surface area contributed by atoms with Crippen LogP contribution in [0.2, 0.25) is 5.02 Å². The topological polar surface area (TPSA) is 26.3 Å². The lowest BCUT2D eigenvalue weighted by Gasteiger charge is -2.00. The van der Waals surface area contributed by atoms with Gasteiger partial charge in [0.1, 0.15) is 6.10 Å². The van der Waals surface area contributed by atoms with E-state index in [1.165, 1.54) is 0 Å². The molecule has 0 heterocycles. The van der Waals surface area contributed by atoms with Gasteiger partial charge in [-0.1, -0.05) is 41.4 Å². The molecule has 0 amide bonds. The maximum Gasteiger partial charge on any atom is 0.404 e. The predicted molar refractivity (Wildman–Crippen MR) is 69.5 cm³/mol. The summed E-state index contributed by atoms with van der Waals surface area (Å²) in [4.78, 5) is 10.5. The Morgan fingerprint density at radius 3 is 2.53 bits per heavy atom. The van der Waals surface area contributed by atoms with E-state index in [1.807, 2.05) is 18.2 Å². The van der Waals surface area contributed by atoms with Crippen molar-refractivity contribution in [2.24, 2.45) is 5.92 Å². The number of rotatable bonds is 3. The molecule has 17 heavy (non-hydrogen) atoms. The SMILES string of the molecule is O=C(Cl)O[C@H]1C[C@@H]1/C=C(/Cl)c1ccc(Cl)cc1. The quantitative estimate of drug-likeness (QED) is 0.756. The van der Waals surface area contributed by atoms with Crippen LogP contribution < -0.4 is 0 Å². The normalized spacial score (nSPS) is 23.4. The van der Waals surface area contributed by atoms with Gasteiger partial charge in [0.25, 0.3) is 0 Å². The molecule has 5 heteroatoms. The van der Waals surface area contributed by atoms with E-state index in [-0.39, 0.29) is 12.0 Å². The van der Waals surface area contributed by atoms with Crippen molar-refractivity contribution in [3.8, 4) is 0 Å². The molecule has 90 valence electrons. The molecule has 1 fully saturated rings. The molecular formula is C12H9Cl3O2. The van der Waals surface area contributed by atoms with Gasteiger partial charge in [0.15, 0.2) is 0 Å². The van der Waals surface area contributed by atoms with Crippen molar-refractivity contribution in [3.63, 3.8) is 0 Å². The van der Waals surface area contributed by atoms with E-state index in [9.17, 15) is 4.79 Å². The highest BCUT2D eigenvalue weighted by Gasteiger charge is 2.39. The van der Waals surface area contributed by atoms with Crippen LogP contribution in [0.1, 0.15) is 12.0 Å². The molecule has 2 atom stereocenters. The number of hydrogen-bond donors (Lipinski definition) is 0. The fourth-order valence-corrected chi connectivity index (χ4v) is 2.04. The summed E-state index contributed by atoms with van der Waals surface area (Å²) in [5, 5.41) is 1.29. The lowest BCUT2D eigenvalue weighted by molar-refractivity contribution is 0.163. The molecule has 0 aliphatic heterocycles. The van der Waals surface area contributed by atoms with Gasteiger partial charge in [-0.3, -0.25) is 0 Å². The summed E-state index contributed by atoms with van der Waals surface area (Å²) in [6, 6.07) is 7.23. The Morgan fingerprint density at radius 2 is 1.94 bits per heavy atom. The molecule has 0 spiro atoms. The zero-order valence-corrected chi connectivity index (χ0v) is 11.0. The predicted octanol–water partition coefficient (Wildman–Crippen LogP) is 4.68. The van der Waals surface area contributed by atoms with Gasteiger partial charge in [0.2, 0.25) is 0 Å². The Hall–Kier alpha value is -0.700. The van der Waals surface area contributed by atoms with Crippen molar-refractivity contribution in [1.29, 1.82) is 0 Å². The average molecular weight is 292 g/mol. The van der Waals surface area contributed by atoms with Crippen LogP contribution in [-0.4, -0.2) is 11.5 Å². The Labute approximate surface area is 114 Å². The number of carbonyl (C=O) groups excluding carboxylic acids is 1. The van der Waals surface area contributed by atoms with Crippen molar-refractivity contribution in [1.82, 2.24) is 0 Å². The summed E-state index contributed by atoms with van der Waals surface area (Å²) >= 11 is 17.0. The highest BCUT2D eigenvalue weighted by molar-refractivity contribution is 6.61. The van der Waals surface area contributed by atoms with Crippen LogP contribution >= 0.6 is 34.8 Å². The van der Waals surface area contributed by atoms with Crippen LogP contribution in [0.25, 0.3) is 5.03 Å². The van der Waals surface area contributed by atoms with Crippen LogP contribution in [-0.2, 0) is 4.74 Å². The Bertz CT molecular complexity index is 453. The summed E-state index contributed by atoms with van der Waals surface area (Å²) in [5.41, 5.74) is 0.118. The Balaban J connectivity index is 1.99. The minimum atomic E-state index is -0.770. The highest BCUT2D eigenvalue weighted by Crippen LogP contribution is 2.38. The monoisotopic (exact) mass is 290 g/mol. The van der Waals surface area contributed by atoms with Crippen LogP contribution in [0.15, 0.2) is 30.3 Å². The lowest BCUT2D eigenvalue weighted by atomic mass is 10.2. The Kier molecular flexibility index (Phi) is 3.97. The van der Waals surface area contributed by atoms with E-state index < -0.39 is 5.43 Å². The molecule has 1 aliphatic rings. The molecule has 0 N–H and O–H groups in total. The molecule has 2 nitrogen and oxygen atoms in total. The van der Waals surface area contributed by atoms with Gasteiger partial charge in [0.05, 0.1) is 0 Å². The van der Waals surface area contributed by atoms with E-state index in [1.54, 1.807) is 12.1 Å². The average Bonchev–Trinajstić information content (AvgIpc) is 2.96. The second-order valence-corrected chi connectivity index (χ2v) is 4.97. The van der Waals surface area contributed by atoms with Crippen LogP contribution in [0, 0.1) is 5.92 Å². The fourth-order valence-electron chi connectivity index (χ4n) is 1.51. The zero-order valence-electron chi connectivity index (χ0n) is 8.70. The molecule has 1 aromatic carbocycles. The van der Waals surface area contributed by atoms with Gasteiger partial charge >= 0.3 is 5.43 Å². The largest absolute Gasteiger partial charge is 0.450 e. The number of ether oxygens (including phenoxy) is 1. The molecular weight excluding hydrogens is 282 g/mol. The molecule has 1 aliphatic carbocycles. The van der Waals surface area contributed by atoms with Crippen LogP contribution in [0.3, 0.4) is 0 Å². The molecule has 0 unspecified atom stereocenters. The first-order valence-electron chi connectivity index (χ1n) is 5.05. The molecule has 0 saturated heterocycles. The summed E-state index contributed by atoms with van der Waals surface area (Å²) in [6.07, 6.45) is 2.50. The van der Waals surface area contributed by atoms with E-state index in [0.717, 1.165) is 12.0 Å². The first-order chi connectivity index (χ1) is 8.06. The van der Waals surface area contributed by atoms with Gasteiger partial charge in [-0.2, -0.15) is 0 Å². The smallest absolute Gasteiger partial charge is 0.404 e. The van der Waals surface area contributed by atoms with Gasteiger partial charge < -0.3 is 4.74 Å². The minimum absolute atomic E-state index is 0.138. The second kappa shape index (κ2) is 5.30. The number of benzene rings is 1.